The second-order valence-electron chi connectivity index (χ2n) is 6.84. The lowest BCUT2D eigenvalue weighted by Crippen LogP contribution is -2.44. The number of aryl methyl sites for hydroxylation is 1. The van der Waals surface area contributed by atoms with Crippen LogP contribution in [0.5, 0.6) is 0 Å². The highest BCUT2D eigenvalue weighted by molar-refractivity contribution is 7.89. The molecule has 1 unspecified atom stereocenters. The molecule has 0 saturated heterocycles. The van der Waals surface area contributed by atoms with Crippen molar-refractivity contribution in [3.63, 3.8) is 0 Å². The fraction of sp³-hybridized carbons (Fsp3) is 0.381. The number of carbonyl (C=O) groups excluding carboxylic acids is 1. The fourth-order valence-corrected chi connectivity index (χ4v) is 3.87. The van der Waals surface area contributed by atoms with Crippen LogP contribution in [0.15, 0.2) is 59.5 Å². The lowest BCUT2D eigenvalue weighted by molar-refractivity contribution is -0.134. The third-order valence-corrected chi connectivity index (χ3v) is 6.54. The number of nitrogens with zero attached hydrogens (tertiary/aromatic N) is 2. The van der Waals surface area contributed by atoms with E-state index in [0.29, 0.717) is 6.54 Å². The highest BCUT2D eigenvalue weighted by Gasteiger charge is 2.27. The molecule has 0 bridgehead atoms. The molecule has 0 spiro atoms. The predicted octanol–water partition coefficient (Wildman–Crippen LogP) is 3.44. The van der Waals surface area contributed by atoms with Crippen molar-refractivity contribution in [2.24, 2.45) is 0 Å². The van der Waals surface area contributed by atoms with Crippen LogP contribution in [0.2, 0.25) is 0 Å². The van der Waals surface area contributed by atoms with E-state index in [1.54, 1.807) is 29.2 Å². The van der Waals surface area contributed by atoms with E-state index >= 15 is 0 Å². The molecule has 0 aliphatic carbocycles. The van der Waals surface area contributed by atoms with Gasteiger partial charge in [-0.1, -0.05) is 55.0 Å². The number of amides is 1. The number of benzene rings is 2. The summed E-state index contributed by atoms with van der Waals surface area (Å²) < 4.78 is 26.6. The molecule has 27 heavy (non-hydrogen) atoms. The molecular weight excluding hydrogens is 360 g/mol. The van der Waals surface area contributed by atoms with Gasteiger partial charge in [-0.05, 0) is 38.0 Å². The van der Waals surface area contributed by atoms with Gasteiger partial charge in [0, 0.05) is 19.6 Å². The molecule has 0 heterocycles. The van der Waals surface area contributed by atoms with E-state index < -0.39 is 10.0 Å². The smallest absolute Gasteiger partial charge is 0.243 e. The first-order chi connectivity index (χ1) is 12.8. The third kappa shape index (κ3) is 5.40. The molecule has 146 valence electrons. The summed E-state index contributed by atoms with van der Waals surface area (Å²) >= 11 is 0. The summed E-state index contributed by atoms with van der Waals surface area (Å²) in [6.45, 7) is 6.18. The Balaban J connectivity index is 2.16. The van der Waals surface area contributed by atoms with E-state index in [4.69, 9.17) is 0 Å². The van der Waals surface area contributed by atoms with E-state index in [2.05, 4.69) is 0 Å². The van der Waals surface area contributed by atoms with E-state index in [9.17, 15) is 13.2 Å². The van der Waals surface area contributed by atoms with Gasteiger partial charge in [0.2, 0.25) is 15.9 Å². The molecule has 0 saturated carbocycles. The van der Waals surface area contributed by atoms with Gasteiger partial charge in [-0.2, -0.15) is 4.31 Å². The molecule has 0 fully saturated rings. The van der Waals surface area contributed by atoms with Crippen molar-refractivity contribution in [3.05, 3.63) is 65.7 Å². The maximum absolute atomic E-state index is 12.9. The Morgan fingerprint density at radius 3 is 2.19 bits per heavy atom. The fourth-order valence-electron chi connectivity index (χ4n) is 2.75. The number of likely N-dealkylation sites (N-methyl/N-ethyl adjacent to an activating group) is 1. The Morgan fingerprint density at radius 2 is 1.63 bits per heavy atom. The largest absolute Gasteiger partial charge is 0.335 e. The molecule has 0 aliphatic rings. The minimum atomic E-state index is -3.70. The van der Waals surface area contributed by atoms with Crippen LogP contribution >= 0.6 is 0 Å². The highest BCUT2D eigenvalue weighted by atomic mass is 32.2. The SMILES string of the molecule is CCC(C)N(Cc1ccccc1)C(=O)CN(C)S(=O)(=O)c1ccc(C)cc1. The average molecular weight is 389 g/mol. The summed E-state index contributed by atoms with van der Waals surface area (Å²) in [5.41, 5.74) is 2.01. The second kappa shape index (κ2) is 9.15. The van der Waals surface area contributed by atoms with Gasteiger partial charge in [0.15, 0.2) is 0 Å². The van der Waals surface area contributed by atoms with Crippen molar-refractivity contribution >= 4 is 15.9 Å². The van der Waals surface area contributed by atoms with Crippen LogP contribution in [0.1, 0.15) is 31.4 Å². The van der Waals surface area contributed by atoms with Crippen molar-refractivity contribution in [1.29, 1.82) is 0 Å². The lowest BCUT2D eigenvalue weighted by Gasteiger charge is -2.30. The third-order valence-electron chi connectivity index (χ3n) is 4.73. The van der Waals surface area contributed by atoms with Crippen LogP contribution in [0.25, 0.3) is 0 Å². The van der Waals surface area contributed by atoms with Crippen molar-refractivity contribution in [1.82, 2.24) is 9.21 Å². The summed E-state index contributed by atoms with van der Waals surface area (Å²) in [7, 11) is -2.25. The van der Waals surface area contributed by atoms with Crippen LogP contribution in [-0.2, 0) is 21.4 Å². The molecule has 0 N–H and O–H groups in total. The molecule has 1 atom stereocenters. The Morgan fingerprint density at radius 1 is 1.04 bits per heavy atom. The van der Waals surface area contributed by atoms with Crippen molar-refractivity contribution in [2.75, 3.05) is 13.6 Å². The molecule has 0 aliphatic heterocycles. The number of carbonyl (C=O) groups is 1. The van der Waals surface area contributed by atoms with Gasteiger partial charge in [-0.3, -0.25) is 4.79 Å². The predicted molar refractivity (Wildman–Crippen MR) is 108 cm³/mol. The maximum atomic E-state index is 12.9. The van der Waals surface area contributed by atoms with Gasteiger partial charge in [0.05, 0.1) is 11.4 Å². The number of rotatable bonds is 8. The van der Waals surface area contributed by atoms with Gasteiger partial charge < -0.3 is 4.90 Å². The van der Waals surface area contributed by atoms with Crippen LogP contribution in [0, 0.1) is 6.92 Å². The Labute approximate surface area is 162 Å². The quantitative estimate of drug-likeness (QED) is 0.696. The van der Waals surface area contributed by atoms with E-state index in [1.807, 2.05) is 51.1 Å². The number of sulfonamides is 1. The molecule has 2 aromatic carbocycles. The highest BCUT2D eigenvalue weighted by Crippen LogP contribution is 2.17. The van der Waals surface area contributed by atoms with Gasteiger partial charge in [-0.15, -0.1) is 0 Å². The first-order valence-electron chi connectivity index (χ1n) is 9.12. The monoisotopic (exact) mass is 388 g/mol. The molecule has 2 aromatic rings. The lowest BCUT2D eigenvalue weighted by atomic mass is 10.1. The van der Waals surface area contributed by atoms with Gasteiger partial charge in [0.25, 0.3) is 0 Å². The van der Waals surface area contributed by atoms with Gasteiger partial charge in [-0.25, -0.2) is 8.42 Å². The maximum Gasteiger partial charge on any atom is 0.243 e. The number of hydrogen-bond donors (Lipinski definition) is 0. The molecular formula is C21H28N2O3S. The van der Waals surface area contributed by atoms with E-state index in [0.717, 1.165) is 21.9 Å². The van der Waals surface area contributed by atoms with Crippen LogP contribution in [-0.4, -0.2) is 43.2 Å². The van der Waals surface area contributed by atoms with Crippen molar-refractivity contribution in [2.45, 2.75) is 44.7 Å². The Kier molecular flexibility index (Phi) is 7.16. The second-order valence-corrected chi connectivity index (χ2v) is 8.88. The molecule has 6 heteroatoms. The van der Waals surface area contributed by atoms with Gasteiger partial charge in [0.1, 0.15) is 0 Å². The van der Waals surface area contributed by atoms with Crippen molar-refractivity contribution < 1.29 is 13.2 Å². The molecule has 0 aromatic heterocycles. The van der Waals surface area contributed by atoms with Crippen LogP contribution in [0.3, 0.4) is 0 Å². The normalized spacial score (nSPS) is 12.8. The van der Waals surface area contributed by atoms with E-state index in [1.165, 1.54) is 7.05 Å². The average Bonchev–Trinajstić information content (AvgIpc) is 2.66. The first kappa shape index (κ1) is 21.1. The Bertz CT molecular complexity index is 849. The molecule has 0 radical (unpaired) electrons. The van der Waals surface area contributed by atoms with Crippen LogP contribution < -0.4 is 0 Å². The zero-order chi connectivity index (χ0) is 20.0. The summed E-state index contributed by atoms with van der Waals surface area (Å²) in [4.78, 5) is 14.9. The summed E-state index contributed by atoms with van der Waals surface area (Å²) in [6.07, 6.45) is 0.799. The standard InChI is InChI=1S/C21H28N2O3S/c1-5-18(3)23(15-19-9-7-6-8-10-19)21(24)16-22(4)27(25,26)20-13-11-17(2)12-14-20/h6-14,18H,5,15-16H2,1-4H3. The zero-order valence-electron chi connectivity index (χ0n) is 16.4. The van der Waals surface area contributed by atoms with Crippen molar-refractivity contribution in [3.8, 4) is 0 Å². The summed E-state index contributed by atoms with van der Waals surface area (Å²) in [5, 5.41) is 0. The molecule has 1 amide bonds. The van der Waals surface area contributed by atoms with E-state index in [-0.39, 0.29) is 23.4 Å². The Hall–Kier alpha value is -2.18. The first-order valence-corrected chi connectivity index (χ1v) is 10.6. The summed E-state index contributed by atoms with van der Waals surface area (Å²) in [5.74, 6) is -0.202. The molecule has 5 nitrogen and oxygen atoms in total. The minimum absolute atomic E-state index is 0.0215. The number of hydrogen-bond acceptors (Lipinski definition) is 3. The zero-order valence-corrected chi connectivity index (χ0v) is 17.2. The van der Waals surface area contributed by atoms with Gasteiger partial charge >= 0.3 is 0 Å². The van der Waals surface area contributed by atoms with Crippen LogP contribution in [0.4, 0.5) is 0 Å². The molecule has 2 rings (SSSR count). The summed E-state index contributed by atoms with van der Waals surface area (Å²) in [6, 6.07) is 16.4. The minimum Gasteiger partial charge on any atom is -0.335 e. The topological polar surface area (TPSA) is 57.7 Å².